The molecule has 21 heavy (non-hydrogen) atoms. The van der Waals surface area contributed by atoms with Crippen molar-refractivity contribution in [1.82, 2.24) is 15.1 Å². The molecule has 7 heteroatoms. The van der Waals surface area contributed by atoms with Crippen LogP contribution in [0.3, 0.4) is 0 Å². The van der Waals surface area contributed by atoms with Crippen LogP contribution in [0.1, 0.15) is 34.6 Å². The van der Waals surface area contributed by atoms with Gasteiger partial charge in [-0.3, -0.25) is 9.48 Å². The lowest BCUT2D eigenvalue weighted by Gasteiger charge is -2.14. The topological polar surface area (TPSA) is 46.9 Å². The molecule has 0 bridgehead atoms. The molecule has 0 aliphatic carbocycles. The summed E-state index contributed by atoms with van der Waals surface area (Å²) in [5.74, 6) is -2.61. The maximum Gasteiger partial charge on any atom is 0.257 e. The Balaban J connectivity index is 2.24. The number of nitrogens with zero attached hydrogens (tertiary/aromatic N) is 2. The van der Waals surface area contributed by atoms with Crippen molar-refractivity contribution in [2.45, 2.75) is 19.9 Å². The molecule has 0 spiro atoms. The van der Waals surface area contributed by atoms with Gasteiger partial charge in [-0.25, -0.2) is 8.78 Å². The van der Waals surface area contributed by atoms with Gasteiger partial charge in [0, 0.05) is 22.8 Å². The number of halogens is 3. The molecule has 1 amide bonds. The van der Waals surface area contributed by atoms with E-state index >= 15 is 0 Å². The molecule has 1 unspecified atom stereocenters. The number of benzene rings is 1. The second-order valence-corrected chi connectivity index (χ2v) is 5.66. The molecule has 1 atom stereocenters. The number of hydrogen-bond donors (Lipinski definition) is 1. The van der Waals surface area contributed by atoms with Crippen molar-refractivity contribution >= 4 is 21.8 Å². The third-order valence-electron chi connectivity index (χ3n) is 3.32. The van der Waals surface area contributed by atoms with Crippen molar-refractivity contribution in [3.05, 3.63) is 51.3 Å². The summed E-state index contributed by atoms with van der Waals surface area (Å²) in [6.45, 7) is 3.59. The zero-order valence-corrected chi connectivity index (χ0v) is 13.3. The molecule has 2 rings (SSSR count). The molecule has 0 saturated heterocycles. The van der Waals surface area contributed by atoms with E-state index < -0.39 is 29.1 Å². The van der Waals surface area contributed by atoms with Crippen LogP contribution in [-0.4, -0.2) is 15.7 Å². The van der Waals surface area contributed by atoms with Crippen molar-refractivity contribution < 1.29 is 13.6 Å². The van der Waals surface area contributed by atoms with Crippen molar-refractivity contribution in [2.24, 2.45) is 7.05 Å². The predicted octanol–water partition coefficient (Wildman–Crippen LogP) is 3.26. The zero-order valence-electron chi connectivity index (χ0n) is 11.7. The second kappa shape index (κ2) is 5.93. The number of amides is 1. The Kier molecular flexibility index (Phi) is 4.41. The van der Waals surface area contributed by atoms with Crippen LogP contribution in [0.15, 0.2) is 22.8 Å². The van der Waals surface area contributed by atoms with Gasteiger partial charge in [-0.05, 0) is 26.0 Å². The van der Waals surface area contributed by atoms with Crippen LogP contribution in [0.5, 0.6) is 0 Å². The van der Waals surface area contributed by atoms with Crippen LogP contribution in [0.4, 0.5) is 8.78 Å². The Labute approximate surface area is 129 Å². The monoisotopic (exact) mass is 357 g/mol. The van der Waals surface area contributed by atoms with E-state index in [1.165, 1.54) is 0 Å². The van der Waals surface area contributed by atoms with E-state index in [0.29, 0.717) is 0 Å². The van der Waals surface area contributed by atoms with Crippen molar-refractivity contribution in [3.63, 3.8) is 0 Å². The first kappa shape index (κ1) is 15.6. The van der Waals surface area contributed by atoms with E-state index in [-0.39, 0.29) is 4.47 Å². The van der Waals surface area contributed by atoms with Crippen LogP contribution in [0.25, 0.3) is 0 Å². The molecule has 2 aromatic rings. The normalized spacial score (nSPS) is 12.3. The molecule has 1 N–H and O–H groups in total. The molecule has 0 saturated carbocycles. The average molecular weight is 358 g/mol. The number of carbonyl (C=O) groups excluding carboxylic acids is 1. The highest BCUT2D eigenvalue weighted by molar-refractivity contribution is 9.10. The van der Waals surface area contributed by atoms with Gasteiger partial charge in [0.15, 0.2) is 0 Å². The Bertz CT molecular complexity index is 677. The summed E-state index contributed by atoms with van der Waals surface area (Å²) < 4.78 is 29.4. The summed E-state index contributed by atoms with van der Waals surface area (Å²) in [7, 11) is 1.78. The Morgan fingerprint density at radius 1 is 1.38 bits per heavy atom. The van der Waals surface area contributed by atoms with Crippen molar-refractivity contribution in [3.8, 4) is 0 Å². The molecule has 112 valence electrons. The highest BCUT2D eigenvalue weighted by atomic mass is 79.9. The van der Waals surface area contributed by atoms with Gasteiger partial charge in [0.2, 0.25) is 0 Å². The quantitative estimate of drug-likeness (QED) is 0.916. The highest BCUT2D eigenvalue weighted by Gasteiger charge is 2.21. The van der Waals surface area contributed by atoms with E-state index in [4.69, 9.17) is 0 Å². The molecule has 0 radical (unpaired) electrons. The summed E-state index contributed by atoms with van der Waals surface area (Å²) in [5.41, 5.74) is 1.08. The van der Waals surface area contributed by atoms with Crippen LogP contribution >= 0.6 is 15.9 Å². The molecule has 0 fully saturated rings. The largest absolute Gasteiger partial charge is 0.345 e. The Morgan fingerprint density at radius 3 is 2.43 bits per heavy atom. The summed E-state index contributed by atoms with van der Waals surface area (Å²) >= 11 is 2.97. The first-order valence-electron chi connectivity index (χ1n) is 6.25. The van der Waals surface area contributed by atoms with Crippen molar-refractivity contribution in [1.29, 1.82) is 0 Å². The standard InChI is InChI=1S/C14H14BrF2N3O/c1-7(10-6-18-20(3)8(10)2)19-14(21)13-11(16)4-9(15)5-12(13)17/h4-7H,1-3H3,(H,19,21). The third kappa shape index (κ3) is 3.12. The highest BCUT2D eigenvalue weighted by Crippen LogP contribution is 2.21. The van der Waals surface area contributed by atoms with Gasteiger partial charge in [-0.2, -0.15) is 5.10 Å². The minimum Gasteiger partial charge on any atom is -0.345 e. The van der Waals surface area contributed by atoms with Crippen LogP contribution in [-0.2, 0) is 7.05 Å². The molecule has 4 nitrogen and oxygen atoms in total. The van der Waals surface area contributed by atoms with Crippen LogP contribution in [0, 0.1) is 18.6 Å². The maximum atomic E-state index is 13.8. The fraction of sp³-hybridized carbons (Fsp3) is 0.286. The summed E-state index contributed by atoms with van der Waals surface area (Å²) in [5, 5.41) is 6.66. The van der Waals surface area contributed by atoms with E-state index in [0.717, 1.165) is 23.4 Å². The lowest BCUT2D eigenvalue weighted by molar-refractivity contribution is 0.0931. The minimum absolute atomic E-state index is 0.241. The van der Waals surface area contributed by atoms with E-state index in [1.54, 1.807) is 24.9 Å². The Morgan fingerprint density at radius 2 is 1.95 bits per heavy atom. The van der Waals surface area contributed by atoms with Crippen LogP contribution in [0.2, 0.25) is 0 Å². The molecule has 1 heterocycles. The van der Waals surface area contributed by atoms with Crippen LogP contribution < -0.4 is 5.32 Å². The van der Waals surface area contributed by atoms with E-state index in [9.17, 15) is 13.6 Å². The maximum absolute atomic E-state index is 13.8. The molecule has 1 aromatic carbocycles. The SMILES string of the molecule is Cc1c(C(C)NC(=O)c2c(F)cc(Br)cc2F)cnn1C. The Hall–Kier alpha value is -1.76. The lowest BCUT2D eigenvalue weighted by atomic mass is 10.1. The van der Waals surface area contributed by atoms with Gasteiger partial charge in [0.1, 0.15) is 17.2 Å². The summed E-state index contributed by atoms with van der Waals surface area (Å²) in [6, 6.07) is 1.70. The van der Waals surface area contributed by atoms with Gasteiger partial charge in [0.05, 0.1) is 12.2 Å². The second-order valence-electron chi connectivity index (χ2n) is 4.75. The number of carbonyl (C=O) groups is 1. The predicted molar refractivity (Wildman–Crippen MR) is 77.9 cm³/mol. The molecule has 0 aliphatic heterocycles. The minimum atomic E-state index is -0.908. The fourth-order valence-corrected chi connectivity index (χ4v) is 2.45. The van der Waals surface area contributed by atoms with Gasteiger partial charge in [-0.15, -0.1) is 0 Å². The number of hydrogen-bond acceptors (Lipinski definition) is 2. The molecular formula is C14H14BrF2N3O. The molecule has 1 aromatic heterocycles. The summed E-state index contributed by atoms with van der Waals surface area (Å²) in [4.78, 5) is 12.1. The number of aryl methyl sites for hydroxylation is 1. The number of rotatable bonds is 3. The van der Waals surface area contributed by atoms with Gasteiger partial charge >= 0.3 is 0 Å². The molecular weight excluding hydrogens is 344 g/mol. The van der Waals surface area contributed by atoms with E-state index in [1.807, 2.05) is 6.92 Å². The molecule has 0 aliphatic rings. The number of aromatic nitrogens is 2. The van der Waals surface area contributed by atoms with Crippen molar-refractivity contribution in [2.75, 3.05) is 0 Å². The fourth-order valence-electron chi connectivity index (χ4n) is 2.05. The van der Waals surface area contributed by atoms with Gasteiger partial charge in [0.25, 0.3) is 5.91 Å². The zero-order chi connectivity index (χ0) is 15.7. The lowest BCUT2D eigenvalue weighted by Crippen LogP contribution is -2.28. The smallest absolute Gasteiger partial charge is 0.257 e. The van der Waals surface area contributed by atoms with E-state index in [2.05, 4.69) is 26.3 Å². The first-order valence-corrected chi connectivity index (χ1v) is 7.04. The number of nitrogens with one attached hydrogen (secondary N) is 1. The van der Waals surface area contributed by atoms with Gasteiger partial charge in [-0.1, -0.05) is 15.9 Å². The van der Waals surface area contributed by atoms with Gasteiger partial charge < -0.3 is 5.32 Å². The first-order chi connectivity index (χ1) is 9.81. The average Bonchev–Trinajstić information content (AvgIpc) is 2.68. The summed E-state index contributed by atoms with van der Waals surface area (Å²) in [6.07, 6.45) is 1.62. The third-order valence-corrected chi connectivity index (χ3v) is 3.78.